The number of carbonyl (C=O) groups excluding carboxylic acids is 2. The van der Waals surface area contributed by atoms with Crippen LogP contribution in [0.25, 0.3) is 0 Å². The van der Waals surface area contributed by atoms with Crippen molar-refractivity contribution in [2.24, 2.45) is 10.8 Å². The fraction of sp³-hybridized carbons (Fsp3) is 0.867. The van der Waals surface area contributed by atoms with Crippen molar-refractivity contribution in [2.45, 2.75) is 40.5 Å². The van der Waals surface area contributed by atoms with Crippen LogP contribution in [0.1, 0.15) is 40.5 Å². The van der Waals surface area contributed by atoms with Gasteiger partial charge >= 0.3 is 20.7 Å². The van der Waals surface area contributed by atoms with Gasteiger partial charge in [-0.25, -0.2) is 0 Å². The lowest BCUT2D eigenvalue weighted by Gasteiger charge is -2.34. The van der Waals surface area contributed by atoms with Crippen molar-refractivity contribution < 1.29 is 32.3 Å². The highest BCUT2D eigenvalue weighted by Gasteiger charge is 2.45. The molecule has 0 heterocycles. The maximum atomic E-state index is 12.4. The van der Waals surface area contributed by atoms with E-state index in [2.05, 4.69) is 0 Å². The van der Waals surface area contributed by atoms with Crippen molar-refractivity contribution in [2.75, 3.05) is 34.7 Å². The third-order valence-electron chi connectivity index (χ3n) is 4.16. The standard InChI is InChI=1S/C15H30O7Si/c1-9-15(4,13(17)18-5)10-14(2,3)12(16)22-11-23(19-6,20-7)21-8/h9-11H2,1-8H3. The molecule has 0 aliphatic heterocycles. The Morgan fingerprint density at radius 1 is 0.913 bits per heavy atom. The highest BCUT2D eigenvalue weighted by molar-refractivity contribution is 6.60. The minimum Gasteiger partial charge on any atom is -0.469 e. The molecule has 0 aliphatic rings. The summed E-state index contributed by atoms with van der Waals surface area (Å²) in [5, 5.41) is 0. The first-order valence-corrected chi connectivity index (χ1v) is 9.40. The second-order valence-corrected chi connectivity index (χ2v) is 9.22. The lowest BCUT2D eigenvalue weighted by Crippen LogP contribution is -2.49. The fourth-order valence-electron chi connectivity index (χ4n) is 2.41. The molecule has 8 heteroatoms. The van der Waals surface area contributed by atoms with Gasteiger partial charge < -0.3 is 22.8 Å². The zero-order valence-electron chi connectivity index (χ0n) is 15.5. The minimum atomic E-state index is -2.99. The predicted octanol–water partition coefficient (Wildman–Crippen LogP) is 1.95. The molecule has 0 aromatic heterocycles. The van der Waals surface area contributed by atoms with Crippen LogP contribution in [-0.2, 0) is 32.3 Å². The molecule has 0 aromatic carbocycles. The van der Waals surface area contributed by atoms with E-state index in [1.54, 1.807) is 20.8 Å². The van der Waals surface area contributed by atoms with E-state index in [1.165, 1.54) is 28.4 Å². The Hall–Kier alpha value is -0.963. The van der Waals surface area contributed by atoms with Crippen LogP contribution in [-0.4, -0.2) is 55.4 Å². The molecule has 0 bridgehead atoms. The molecule has 0 rings (SSSR count). The number of rotatable bonds is 10. The second-order valence-electron chi connectivity index (χ2n) is 6.34. The smallest absolute Gasteiger partial charge is 0.469 e. The van der Waals surface area contributed by atoms with Gasteiger partial charge in [0.05, 0.1) is 17.9 Å². The third kappa shape index (κ3) is 5.56. The van der Waals surface area contributed by atoms with Gasteiger partial charge in [-0.15, -0.1) is 0 Å². The molecule has 0 radical (unpaired) electrons. The third-order valence-corrected chi connectivity index (χ3v) is 6.52. The molecular weight excluding hydrogens is 320 g/mol. The Bertz CT molecular complexity index is 398. The van der Waals surface area contributed by atoms with Gasteiger partial charge in [-0.1, -0.05) is 6.92 Å². The quantitative estimate of drug-likeness (QED) is 0.440. The molecule has 1 unspecified atom stereocenters. The van der Waals surface area contributed by atoms with E-state index in [1.807, 2.05) is 6.92 Å². The Balaban J connectivity index is 5.00. The van der Waals surface area contributed by atoms with Gasteiger partial charge in [0.25, 0.3) is 0 Å². The van der Waals surface area contributed by atoms with Gasteiger partial charge in [-0.2, -0.15) is 0 Å². The molecule has 0 aromatic rings. The molecule has 0 spiro atoms. The number of methoxy groups -OCH3 is 1. The summed E-state index contributed by atoms with van der Waals surface area (Å²) in [7, 11) is 2.70. The largest absolute Gasteiger partial charge is 0.539 e. The van der Waals surface area contributed by atoms with Crippen molar-refractivity contribution in [1.29, 1.82) is 0 Å². The van der Waals surface area contributed by atoms with E-state index in [-0.39, 0.29) is 12.2 Å². The topological polar surface area (TPSA) is 80.3 Å². The number of carbonyl (C=O) groups is 2. The summed E-state index contributed by atoms with van der Waals surface area (Å²) in [4.78, 5) is 24.4. The predicted molar refractivity (Wildman–Crippen MR) is 86.6 cm³/mol. The summed E-state index contributed by atoms with van der Waals surface area (Å²) in [5.41, 5.74) is -1.62. The van der Waals surface area contributed by atoms with Crippen molar-refractivity contribution in [3.05, 3.63) is 0 Å². The average molecular weight is 350 g/mol. The zero-order valence-corrected chi connectivity index (χ0v) is 16.5. The van der Waals surface area contributed by atoms with Crippen LogP contribution < -0.4 is 0 Å². The van der Waals surface area contributed by atoms with E-state index < -0.39 is 25.6 Å². The lowest BCUT2D eigenvalue weighted by atomic mass is 9.72. The van der Waals surface area contributed by atoms with Crippen molar-refractivity contribution in [3.63, 3.8) is 0 Å². The van der Waals surface area contributed by atoms with E-state index in [4.69, 9.17) is 22.8 Å². The van der Waals surface area contributed by atoms with Crippen molar-refractivity contribution in [3.8, 4) is 0 Å². The summed E-state index contributed by atoms with van der Waals surface area (Å²) in [5.74, 6) is -0.778. The molecule has 0 saturated carbocycles. The van der Waals surface area contributed by atoms with E-state index >= 15 is 0 Å². The average Bonchev–Trinajstić information content (AvgIpc) is 2.54. The molecule has 136 valence electrons. The van der Waals surface area contributed by atoms with E-state index in [0.717, 1.165) is 0 Å². The normalized spacial score (nSPS) is 15.0. The number of esters is 2. The summed E-state index contributed by atoms with van der Waals surface area (Å²) in [6.45, 7) is 7.15. The number of ether oxygens (including phenoxy) is 2. The van der Waals surface area contributed by atoms with Crippen LogP contribution in [0.5, 0.6) is 0 Å². The summed E-state index contributed by atoms with van der Waals surface area (Å²) in [6.07, 6.45) is 0.784. The van der Waals surface area contributed by atoms with Crippen LogP contribution in [0.15, 0.2) is 0 Å². The zero-order chi connectivity index (χ0) is 18.3. The molecule has 0 N–H and O–H groups in total. The van der Waals surface area contributed by atoms with Crippen molar-refractivity contribution >= 4 is 20.7 Å². The van der Waals surface area contributed by atoms with Crippen LogP contribution in [0.4, 0.5) is 0 Å². The van der Waals surface area contributed by atoms with E-state index in [0.29, 0.717) is 12.8 Å². The Morgan fingerprint density at radius 2 is 1.39 bits per heavy atom. The van der Waals surface area contributed by atoms with Crippen LogP contribution >= 0.6 is 0 Å². The minimum absolute atomic E-state index is 0.0835. The van der Waals surface area contributed by atoms with Gasteiger partial charge in [0, 0.05) is 21.3 Å². The number of hydrogen-bond acceptors (Lipinski definition) is 7. The highest BCUT2D eigenvalue weighted by atomic mass is 28.4. The molecule has 1 atom stereocenters. The van der Waals surface area contributed by atoms with Gasteiger partial charge in [-0.05, 0) is 33.6 Å². The first-order valence-electron chi connectivity index (χ1n) is 7.47. The van der Waals surface area contributed by atoms with Crippen LogP contribution in [0.2, 0.25) is 0 Å². The van der Waals surface area contributed by atoms with Gasteiger partial charge in [0.15, 0.2) is 6.23 Å². The summed E-state index contributed by atoms with van der Waals surface area (Å²) >= 11 is 0. The van der Waals surface area contributed by atoms with Crippen LogP contribution in [0.3, 0.4) is 0 Å². The van der Waals surface area contributed by atoms with Gasteiger partial charge in [-0.3, -0.25) is 9.59 Å². The van der Waals surface area contributed by atoms with Crippen molar-refractivity contribution in [1.82, 2.24) is 0 Å². The van der Waals surface area contributed by atoms with Crippen LogP contribution in [0, 0.1) is 10.8 Å². The van der Waals surface area contributed by atoms with E-state index in [9.17, 15) is 9.59 Å². The maximum absolute atomic E-state index is 12.4. The molecule has 7 nitrogen and oxygen atoms in total. The summed E-state index contributed by atoms with van der Waals surface area (Å²) in [6, 6.07) is 0. The lowest BCUT2D eigenvalue weighted by molar-refractivity contribution is -0.161. The monoisotopic (exact) mass is 350 g/mol. The first-order chi connectivity index (χ1) is 10.6. The summed E-state index contributed by atoms with van der Waals surface area (Å²) < 4.78 is 25.9. The SMILES string of the molecule is CCC(C)(CC(C)(C)C(=O)OC[Si](OC)(OC)OC)C(=O)OC. The number of hydrogen-bond donors (Lipinski definition) is 0. The maximum Gasteiger partial charge on any atom is 0.539 e. The first kappa shape index (κ1) is 22.0. The second kappa shape index (κ2) is 8.77. The molecular formula is C15H30O7Si. The molecule has 0 aliphatic carbocycles. The molecule has 0 amide bonds. The Kier molecular flexibility index (Phi) is 8.40. The highest BCUT2D eigenvalue weighted by Crippen LogP contribution is 2.38. The Morgan fingerprint density at radius 3 is 1.74 bits per heavy atom. The molecule has 0 saturated heterocycles. The van der Waals surface area contributed by atoms with Gasteiger partial charge in [0.2, 0.25) is 0 Å². The molecule has 23 heavy (non-hydrogen) atoms. The molecule has 0 fully saturated rings. The van der Waals surface area contributed by atoms with Gasteiger partial charge in [0.1, 0.15) is 0 Å². The Labute approximate surface area is 139 Å². The fourth-order valence-corrected chi connectivity index (χ4v) is 3.57.